The molecule has 5 heteroatoms. The van der Waals surface area contributed by atoms with Gasteiger partial charge in [-0.1, -0.05) is 45.7 Å². The molecule has 0 amide bonds. The van der Waals surface area contributed by atoms with Crippen molar-refractivity contribution in [2.75, 3.05) is 0 Å². The molecule has 106 valence electrons. The molecule has 0 saturated heterocycles. The Morgan fingerprint density at radius 2 is 1.86 bits per heavy atom. The van der Waals surface area contributed by atoms with Gasteiger partial charge < -0.3 is 4.74 Å². The normalized spacial score (nSPS) is 10.8. The molecule has 2 aromatic carbocycles. The molecule has 0 radical (unpaired) electrons. The number of rotatable bonds is 3. The molecule has 0 N–H and O–H groups in total. The molecule has 1 aromatic heterocycles. The number of fused-ring (bicyclic) bond motifs is 1. The number of aromatic nitrogens is 1. The Morgan fingerprint density at radius 3 is 2.62 bits per heavy atom. The van der Waals surface area contributed by atoms with Gasteiger partial charge in [0.25, 0.3) is 0 Å². The second-order valence-corrected chi connectivity index (χ2v) is 6.03. The molecular weight excluding hydrogens is 373 g/mol. The van der Waals surface area contributed by atoms with Crippen LogP contribution in [-0.2, 0) is 5.88 Å². The van der Waals surface area contributed by atoms with Crippen molar-refractivity contribution in [1.82, 2.24) is 4.98 Å². The summed E-state index contributed by atoms with van der Waals surface area (Å²) in [5, 5.41) is 2.47. The van der Waals surface area contributed by atoms with Gasteiger partial charge in [-0.15, -0.1) is 11.6 Å². The third-order valence-corrected chi connectivity index (χ3v) is 4.18. The molecule has 0 aliphatic rings. The number of benzene rings is 2. The summed E-state index contributed by atoms with van der Waals surface area (Å²) in [7, 11) is 0. The zero-order chi connectivity index (χ0) is 14.8. The van der Waals surface area contributed by atoms with Crippen LogP contribution < -0.4 is 4.74 Å². The highest BCUT2D eigenvalue weighted by Crippen LogP contribution is 2.35. The summed E-state index contributed by atoms with van der Waals surface area (Å²) in [6.07, 6.45) is 1.73. The highest BCUT2D eigenvalue weighted by atomic mass is 79.9. The number of alkyl halides is 1. The Balaban J connectivity index is 2.11. The van der Waals surface area contributed by atoms with E-state index in [9.17, 15) is 0 Å². The van der Waals surface area contributed by atoms with Crippen LogP contribution in [0, 0.1) is 0 Å². The van der Waals surface area contributed by atoms with E-state index in [2.05, 4.69) is 20.9 Å². The predicted molar refractivity (Wildman–Crippen MR) is 90.5 cm³/mol. The third kappa shape index (κ3) is 3.00. The molecule has 0 aliphatic heterocycles. The third-order valence-electron chi connectivity index (χ3n) is 3.08. The van der Waals surface area contributed by atoms with Crippen LogP contribution in [0.4, 0.5) is 0 Å². The maximum Gasteiger partial charge on any atom is 0.227 e. The largest absolute Gasteiger partial charge is 0.437 e. The molecular formula is C16H10BrCl2NO. The Bertz CT molecular complexity index is 807. The first-order chi connectivity index (χ1) is 10.2. The van der Waals surface area contributed by atoms with Gasteiger partial charge in [0.15, 0.2) is 0 Å². The number of pyridine rings is 1. The van der Waals surface area contributed by atoms with Crippen LogP contribution >= 0.6 is 39.1 Å². The Kier molecular flexibility index (Phi) is 4.34. The van der Waals surface area contributed by atoms with E-state index in [1.54, 1.807) is 12.3 Å². The molecule has 1 heterocycles. The van der Waals surface area contributed by atoms with Gasteiger partial charge in [0.1, 0.15) is 5.75 Å². The highest BCUT2D eigenvalue weighted by molar-refractivity contribution is 9.10. The fourth-order valence-corrected chi connectivity index (χ4v) is 2.78. The number of hydrogen-bond donors (Lipinski definition) is 0. The molecule has 0 saturated carbocycles. The van der Waals surface area contributed by atoms with Crippen LogP contribution in [0.2, 0.25) is 5.02 Å². The van der Waals surface area contributed by atoms with Crippen molar-refractivity contribution < 1.29 is 4.74 Å². The average Bonchev–Trinajstić information content (AvgIpc) is 2.51. The lowest BCUT2D eigenvalue weighted by atomic mass is 10.1. The topological polar surface area (TPSA) is 22.1 Å². The fourth-order valence-electron chi connectivity index (χ4n) is 2.07. The van der Waals surface area contributed by atoms with Crippen molar-refractivity contribution in [3.63, 3.8) is 0 Å². The van der Waals surface area contributed by atoms with E-state index < -0.39 is 0 Å². The SMILES string of the molecule is ClCc1cnc(Oc2cc(Br)ccc2Cl)c2ccccc12. The van der Waals surface area contributed by atoms with Crippen molar-refractivity contribution in [2.45, 2.75) is 5.88 Å². The molecule has 2 nitrogen and oxygen atoms in total. The van der Waals surface area contributed by atoms with Crippen molar-refractivity contribution in [3.8, 4) is 11.6 Å². The summed E-state index contributed by atoms with van der Waals surface area (Å²) in [6.45, 7) is 0. The second-order valence-electron chi connectivity index (χ2n) is 4.44. The first kappa shape index (κ1) is 14.6. The Hall–Kier alpha value is -1.29. The summed E-state index contributed by atoms with van der Waals surface area (Å²) in [4.78, 5) is 4.36. The minimum absolute atomic E-state index is 0.408. The number of nitrogens with zero attached hydrogens (tertiary/aromatic N) is 1. The summed E-state index contributed by atoms with van der Waals surface area (Å²) in [5.74, 6) is 1.48. The van der Waals surface area contributed by atoms with Gasteiger partial charge in [0.2, 0.25) is 5.88 Å². The second kappa shape index (κ2) is 6.22. The molecule has 0 unspecified atom stereocenters. The highest BCUT2D eigenvalue weighted by Gasteiger charge is 2.10. The number of halogens is 3. The quantitative estimate of drug-likeness (QED) is 0.504. The van der Waals surface area contributed by atoms with E-state index in [0.717, 1.165) is 20.8 Å². The van der Waals surface area contributed by atoms with Gasteiger partial charge in [0.05, 0.1) is 5.02 Å². The first-order valence-electron chi connectivity index (χ1n) is 6.24. The zero-order valence-corrected chi connectivity index (χ0v) is 13.9. The van der Waals surface area contributed by atoms with Gasteiger partial charge in [-0.2, -0.15) is 0 Å². The van der Waals surface area contributed by atoms with Crippen molar-refractivity contribution >= 4 is 49.9 Å². The minimum Gasteiger partial charge on any atom is -0.437 e. The summed E-state index contributed by atoms with van der Waals surface area (Å²) in [5.41, 5.74) is 0.972. The van der Waals surface area contributed by atoms with Crippen molar-refractivity contribution in [2.24, 2.45) is 0 Å². The predicted octanol–water partition coefficient (Wildman–Crippen LogP) is 6.18. The van der Waals surface area contributed by atoms with Gasteiger partial charge in [-0.05, 0) is 35.2 Å². The standard InChI is InChI=1S/C16H10BrCl2NO/c17-11-5-6-14(19)15(7-11)21-16-13-4-2-1-3-12(13)10(8-18)9-20-16/h1-7,9H,8H2. The van der Waals surface area contributed by atoms with E-state index in [1.807, 2.05) is 36.4 Å². The van der Waals surface area contributed by atoms with E-state index >= 15 is 0 Å². The Labute approximate surface area is 140 Å². The fraction of sp³-hybridized carbons (Fsp3) is 0.0625. The van der Waals surface area contributed by atoms with Gasteiger partial charge in [-0.25, -0.2) is 4.98 Å². The molecule has 0 spiro atoms. The van der Waals surface area contributed by atoms with Crippen LogP contribution in [0.15, 0.2) is 53.1 Å². The molecule has 3 aromatic rings. The van der Waals surface area contributed by atoms with Crippen LogP contribution in [0.25, 0.3) is 10.8 Å². The van der Waals surface area contributed by atoms with E-state index in [4.69, 9.17) is 27.9 Å². The lowest BCUT2D eigenvalue weighted by Gasteiger charge is -2.11. The zero-order valence-electron chi connectivity index (χ0n) is 10.8. The molecule has 3 rings (SSSR count). The van der Waals surface area contributed by atoms with Crippen LogP contribution in [-0.4, -0.2) is 4.98 Å². The van der Waals surface area contributed by atoms with E-state index in [-0.39, 0.29) is 0 Å². The van der Waals surface area contributed by atoms with Gasteiger partial charge >= 0.3 is 0 Å². The van der Waals surface area contributed by atoms with Crippen molar-refractivity contribution in [1.29, 1.82) is 0 Å². The van der Waals surface area contributed by atoms with Crippen LogP contribution in [0.3, 0.4) is 0 Å². The smallest absolute Gasteiger partial charge is 0.227 e. The average molecular weight is 383 g/mol. The Morgan fingerprint density at radius 1 is 1.10 bits per heavy atom. The summed E-state index contributed by atoms with van der Waals surface area (Å²) in [6, 6.07) is 13.3. The van der Waals surface area contributed by atoms with Crippen LogP contribution in [0.1, 0.15) is 5.56 Å². The molecule has 0 fully saturated rings. The maximum absolute atomic E-state index is 6.16. The monoisotopic (exact) mass is 381 g/mol. The lowest BCUT2D eigenvalue weighted by Crippen LogP contribution is -1.93. The molecule has 0 aliphatic carbocycles. The number of hydrogen-bond acceptors (Lipinski definition) is 2. The van der Waals surface area contributed by atoms with Crippen molar-refractivity contribution in [3.05, 3.63) is 63.7 Å². The molecule has 0 atom stereocenters. The first-order valence-corrected chi connectivity index (χ1v) is 7.95. The van der Waals surface area contributed by atoms with E-state index in [0.29, 0.717) is 22.5 Å². The number of ether oxygens (including phenoxy) is 1. The molecule has 0 bridgehead atoms. The minimum atomic E-state index is 0.408. The summed E-state index contributed by atoms with van der Waals surface area (Å²) >= 11 is 15.5. The summed E-state index contributed by atoms with van der Waals surface area (Å²) < 4.78 is 6.78. The van der Waals surface area contributed by atoms with Gasteiger partial charge in [0, 0.05) is 21.9 Å². The van der Waals surface area contributed by atoms with E-state index in [1.165, 1.54) is 0 Å². The lowest BCUT2D eigenvalue weighted by molar-refractivity contribution is 0.469. The molecule has 21 heavy (non-hydrogen) atoms. The van der Waals surface area contributed by atoms with Crippen LogP contribution in [0.5, 0.6) is 11.6 Å². The maximum atomic E-state index is 6.16. The van der Waals surface area contributed by atoms with Gasteiger partial charge in [-0.3, -0.25) is 0 Å².